The fourth-order valence-electron chi connectivity index (χ4n) is 1.37. The largest absolute Gasteiger partial charge is 0.544 e. The Morgan fingerprint density at radius 3 is 1.88 bits per heavy atom. The number of rotatable bonds is 9. The highest BCUT2D eigenvalue weighted by molar-refractivity contribution is 7.85. The molecule has 0 spiro atoms. The van der Waals surface area contributed by atoms with E-state index in [1.54, 1.807) is 42.2 Å². The van der Waals surface area contributed by atoms with Crippen molar-refractivity contribution < 1.29 is 41.4 Å². The first-order valence-electron chi connectivity index (χ1n) is 7.55. The first-order valence-corrected chi connectivity index (χ1v) is 9.16. The molecular weight excluding hydrogens is 352 g/mol. The number of hydrogen-bond donors (Lipinski definition) is 1. The molecule has 0 aromatic rings. The molecule has 25 heavy (non-hydrogen) atoms. The van der Waals surface area contributed by atoms with Crippen LogP contribution in [-0.4, -0.2) is 101 Å². The van der Waals surface area contributed by atoms with E-state index in [0.29, 0.717) is 21.1 Å². The van der Waals surface area contributed by atoms with Crippen molar-refractivity contribution in [2.45, 2.75) is 6.92 Å². The molecule has 0 saturated heterocycles. The molecule has 0 rings (SSSR count). The molecule has 0 amide bonds. The quantitative estimate of drug-likeness (QED) is 0.223. The van der Waals surface area contributed by atoms with Gasteiger partial charge < -0.3 is 23.6 Å². The number of likely N-dealkylation sites (N-methyl/N-ethyl adjacent to an activating group) is 2. The molecule has 10 heteroatoms. The Morgan fingerprint density at radius 1 is 1.12 bits per heavy atom. The van der Waals surface area contributed by atoms with E-state index in [1.165, 1.54) is 0 Å². The molecule has 0 bridgehead atoms. The second-order valence-electron chi connectivity index (χ2n) is 7.41. The molecule has 0 atom stereocenters. The molecule has 1 N–H and O–H groups in total. The molecule has 148 valence electrons. The van der Waals surface area contributed by atoms with Crippen molar-refractivity contribution in [3.05, 3.63) is 12.2 Å². The minimum atomic E-state index is -3.95. The van der Waals surface area contributed by atoms with Crippen LogP contribution in [0.25, 0.3) is 0 Å². The SMILES string of the molecule is C=C(C)C(=O)OCC[N+](C)(C)CCS(=O)(=O)O.C[N+](C)(C)CC(=O)[O-]. The minimum Gasteiger partial charge on any atom is -0.544 e. The summed E-state index contributed by atoms with van der Waals surface area (Å²) in [5, 5.41) is 9.89. The number of esters is 1. The van der Waals surface area contributed by atoms with Gasteiger partial charge in [-0.1, -0.05) is 6.58 Å². The normalized spacial score (nSPS) is 12.0. The number of aliphatic carboxylic acids is 1. The number of quaternary nitrogens is 2. The van der Waals surface area contributed by atoms with E-state index in [1.807, 2.05) is 0 Å². The Balaban J connectivity index is 0. The Hall–Kier alpha value is -1.49. The maximum atomic E-state index is 11.1. The van der Waals surface area contributed by atoms with Gasteiger partial charge in [0, 0.05) is 5.57 Å². The predicted octanol–water partition coefficient (Wildman–Crippen LogP) is -1.49. The summed E-state index contributed by atoms with van der Waals surface area (Å²) in [5.74, 6) is -1.77. The van der Waals surface area contributed by atoms with E-state index < -0.39 is 22.1 Å². The Morgan fingerprint density at radius 2 is 1.60 bits per heavy atom. The third-order valence-corrected chi connectivity index (χ3v) is 3.53. The topological polar surface area (TPSA) is 121 Å². The zero-order chi connectivity index (χ0) is 20.5. The van der Waals surface area contributed by atoms with Crippen LogP contribution in [-0.2, 0) is 24.4 Å². The molecule has 0 unspecified atom stereocenters. The van der Waals surface area contributed by atoms with Crippen LogP contribution in [0, 0.1) is 0 Å². The van der Waals surface area contributed by atoms with Crippen molar-refractivity contribution in [1.82, 2.24) is 0 Å². The molecule has 9 nitrogen and oxygen atoms in total. The lowest BCUT2D eigenvalue weighted by molar-refractivity contribution is -0.888. The van der Waals surface area contributed by atoms with E-state index in [9.17, 15) is 23.1 Å². The van der Waals surface area contributed by atoms with Gasteiger partial charge in [0.05, 0.1) is 47.8 Å². The van der Waals surface area contributed by atoms with E-state index in [-0.39, 0.29) is 25.4 Å². The van der Waals surface area contributed by atoms with Crippen molar-refractivity contribution >= 4 is 22.1 Å². The van der Waals surface area contributed by atoms with Crippen LogP contribution >= 0.6 is 0 Å². The molecule has 0 saturated carbocycles. The molecule has 0 heterocycles. The van der Waals surface area contributed by atoms with Crippen molar-refractivity contribution in [3.63, 3.8) is 0 Å². The van der Waals surface area contributed by atoms with Crippen LogP contribution in [0.1, 0.15) is 6.92 Å². The lowest BCUT2D eigenvalue weighted by atomic mass is 10.4. The summed E-state index contributed by atoms with van der Waals surface area (Å²) in [6, 6.07) is 0. The first-order chi connectivity index (χ1) is 11.0. The maximum Gasteiger partial charge on any atom is 0.333 e. The number of carbonyl (C=O) groups is 2. The Kier molecular flexibility index (Phi) is 10.8. The maximum absolute atomic E-state index is 11.1. The smallest absolute Gasteiger partial charge is 0.333 e. The van der Waals surface area contributed by atoms with Gasteiger partial charge in [-0.05, 0) is 6.92 Å². The zero-order valence-electron chi connectivity index (χ0n) is 15.9. The molecule has 0 aliphatic rings. The Bertz CT molecular complexity index is 563. The number of hydrogen-bond acceptors (Lipinski definition) is 6. The van der Waals surface area contributed by atoms with E-state index in [0.717, 1.165) is 0 Å². The highest BCUT2D eigenvalue weighted by Crippen LogP contribution is 2.00. The molecule has 0 fully saturated rings. The summed E-state index contributed by atoms with van der Waals surface area (Å²) in [4.78, 5) is 21.0. The molecule has 0 aliphatic carbocycles. The summed E-state index contributed by atoms with van der Waals surface area (Å²) in [5.41, 5.74) is 0.327. The number of ether oxygens (including phenoxy) is 1. The second-order valence-corrected chi connectivity index (χ2v) is 8.98. The fourth-order valence-corrected chi connectivity index (χ4v) is 2.10. The average molecular weight is 383 g/mol. The zero-order valence-corrected chi connectivity index (χ0v) is 16.8. The van der Waals surface area contributed by atoms with Gasteiger partial charge in [-0.2, -0.15) is 8.42 Å². The van der Waals surface area contributed by atoms with Crippen molar-refractivity contribution in [3.8, 4) is 0 Å². The highest BCUT2D eigenvalue weighted by Gasteiger charge is 2.19. The van der Waals surface area contributed by atoms with Gasteiger partial charge in [0.2, 0.25) is 0 Å². The van der Waals surface area contributed by atoms with Crippen LogP contribution in [0.5, 0.6) is 0 Å². The summed E-state index contributed by atoms with van der Waals surface area (Å²) in [7, 11) is 5.04. The number of nitrogens with zero attached hydrogens (tertiary/aromatic N) is 2. The van der Waals surface area contributed by atoms with Gasteiger partial charge in [-0.25, -0.2) is 4.79 Å². The predicted molar refractivity (Wildman–Crippen MR) is 91.9 cm³/mol. The van der Waals surface area contributed by atoms with Gasteiger partial charge in [-0.15, -0.1) is 0 Å². The number of carboxylic acid groups (broad SMARTS) is 1. The van der Waals surface area contributed by atoms with Gasteiger partial charge in [0.1, 0.15) is 25.4 Å². The second kappa shape index (κ2) is 10.5. The third-order valence-electron chi connectivity index (χ3n) is 2.84. The monoisotopic (exact) mass is 383 g/mol. The number of carbonyl (C=O) groups excluding carboxylic acids is 2. The summed E-state index contributed by atoms with van der Waals surface area (Å²) in [6.45, 7) is 5.98. The van der Waals surface area contributed by atoms with Crippen LogP contribution in [0.15, 0.2) is 12.2 Å². The van der Waals surface area contributed by atoms with Gasteiger partial charge in [-0.3, -0.25) is 4.55 Å². The summed E-state index contributed by atoms with van der Waals surface area (Å²) < 4.78 is 35.5. The standard InChI is InChI=1S/C10H19NO5S.C5H11NO2/c1-9(2)10(12)16-7-5-11(3,4)6-8-17(13,14)15;1-6(2,3)4-5(7)8/h1,5-8H2,2-4H3;4H2,1-3H3/p+1. The lowest BCUT2D eigenvalue weighted by Crippen LogP contribution is -2.45. The van der Waals surface area contributed by atoms with E-state index in [2.05, 4.69) is 6.58 Å². The molecule has 0 aromatic carbocycles. The van der Waals surface area contributed by atoms with Gasteiger partial charge >= 0.3 is 5.97 Å². The fraction of sp³-hybridized carbons (Fsp3) is 0.733. The van der Waals surface area contributed by atoms with Gasteiger partial charge in [0.15, 0.2) is 0 Å². The van der Waals surface area contributed by atoms with Crippen molar-refractivity contribution in [2.75, 3.05) is 67.2 Å². The van der Waals surface area contributed by atoms with Crippen LogP contribution in [0.2, 0.25) is 0 Å². The summed E-state index contributed by atoms with van der Waals surface area (Å²) in [6.07, 6.45) is 0. The Labute approximate surface area is 150 Å². The minimum absolute atomic E-state index is 0.0694. The highest BCUT2D eigenvalue weighted by atomic mass is 32.2. The molecular formula is C15H31N2O7S+. The third kappa shape index (κ3) is 20.5. The first kappa shape index (κ1) is 25.7. The van der Waals surface area contributed by atoms with Gasteiger partial charge in [0.25, 0.3) is 10.1 Å². The van der Waals surface area contributed by atoms with Crippen molar-refractivity contribution in [2.24, 2.45) is 0 Å². The molecule has 0 aliphatic heterocycles. The average Bonchev–Trinajstić information content (AvgIpc) is 2.33. The van der Waals surface area contributed by atoms with Crippen LogP contribution in [0.4, 0.5) is 0 Å². The molecule has 0 aromatic heterocycles. The summed E-state index contributed by atoms with van der Waals surface area (Å²) >= 11 is 0. The van der Waals surface area contributed by atoms with E-state index >= 15 is 0 Å². The molecule has 0 radical (unpaired) electrons. The lowest BCUT2D eigenvalue weighted by Gasteiger charge is -2.28. The van der Waals surface area contributed by atoms with E-state index in [4.69, 9.17) is 9.29 Å². The van der Waals surface area contributed by atoms with Crippen molar-refractivity contribution in [1.29, 1.82) is 0 Å². The van der Waals surface area contributed by atoms with Crippen LogP contribution in [0.3, 0.4) is 0 Å². The van der Waals surface area contributed by atoms with Crippen LogP contribution < -0.4 is 5.11 Å². The number of carboxylic acids is 1.